The molecule has 0 saturated heterocycles. The van der Waals surface area contributed by atoms with Crippen LogP contribution in [0, 0.1) is 0 Å². The molecule has 4 aromatic carbocycles. The van der Waals surface area contributed by atoms with Gasteiger partial charge in [-0.25, -0.2) is 12.4 Å². The molecule has 11 heteroatoms. The highest BCUT2D eigenvalue weighted by Gasteiger charge is 2.19. The van der Waals surface area contributed by atoms with E-state index < -0.39 is 10.0 Å². The van der Waals surface area contributed by atoms with Crippen LogP contribution in [-0.2, 0) is 16.6 Å². The average Bonchev–Trinajstić information content (AvgIpc) is 3.66. The Bertz CT molecular complexity index is 1860. The number of rotatable bonds is 10. The molecule has 0 unspecified atom stereocenters. The summed E-state index contributed by atoms with van der Waals surface area (Å²) in [6, 6.07) is 34.1. The van der Waals surface area contributed by atoms with E-state index in [0.29, 0.717) is 37.6 Å². The van der Waals surface area contributed by atoms with E-state index in [0.717, 1.165) is 23.1 Å². The van der Waals surface area contributed by atoms with Gasteiger partial charge in [0.2, 0.25) is 0 Å². The maximum atomic E-state index is 12.7. The normalized spacial score (nSPS) is 10.8. The van der Waals surface area contributed by atoms with Gasteiger partial charge in [-0.2, -0.15) is 0 Å². The number of fused-ring (bicyclic) bond motifs is 2. The first-order chi connectivity index (χ1) is 20.5. The van der Waals surface area contributed by atoms with Crippen molar-refractivity contribution >= 4 is 56.6 Å². The van der Waals surface area contributed by atoms with Crippen molar-refractivity contribution in [3.63, 3.8) is 0 Å². The Balaban J connectivity index is 0.000000231. The van der Waals surface area contributed by atoms with Gasteiger partial charge in [-0.05, 0) is 54.1 Å². The SMILES string of the molecule is Cl.Cl.NCCOc1cccc2c1ccn2Cc1ccccc1.NCCOc1cccc2c1ccn2S(=O)(=O)c1ccccc1. The quantitative estimate of drug-likeness (QED) is 0.185. The van der Waals surface area contributed by atoms with E-state index in [-0.39, 0.29) is 29.7 Å². The Morgan fingerprint density at radius 2 is 1.11 bits per heavy atom. The summed E-state index contributed by atoms with van der Waals surface area (Å²) in [6.07, 6.45) is 3.65. The second kappa shape index (κ2) is 16.2. The fourth-order valence-electron chi connectivity index (χ4n) is 4.73. The van der Waals surface area contributed by atoms with Crippen LogP contribution in [-0.4, -0.2) is 43.3 Å². The monoisotopic (exact) mass is 654 g/mol. The van der Waals surface area contributed by atoms with Crippen LogP contribution in [0.15, 0.2) is 126 Å². The molecule has 0 amide bonds. The van der Waals surface area contributed by atoms with Crippen molar-refractivity contribution in [2.75, 3.05) is 26.3 Å². The van der Waals surface area contributed by atoms with Crippen molar-refractivity contribution in [3.8, 4) is 11.5 Å². The summed E-state index contributed by atoms with van der Waals surface area (Å²) in [5.41, 5.74) is 14.0. The van der Waals surface area contributed by atoms with Gasteiger partial charge in [-0.1, -0.05) is 60.7 Å². The molecule has 2 heterocycles. The number of halogens is 2. The number of hydrogen-bond acceptors (Lipinski definition) is 6. The van der Waals surface area contributed by atoms with Gasteiger partial charge in [-0.15, -0.1) is 24.8 Å². The molecular formula is C33H36Cl2N4O4S. The molecule has 44 heavy (non-hydrogen) atoms. The minimum Gasteiger partial charge on any atom is -0.492 e. The van der Waals surface area contributed by atoms with E-state index in [9.17, 15) is 8.42 Å². The summed E-state index contributed by atoms with van der Waals surface area (Å²) >= 11 is 0. The zero-order valence-corrected chi connectivity index (χ0v) is 26.4. The van der Waals surface area contributed by atoms with Crippen molar-refractivity contribution in [1.82, 2.24) is 8.54 Å². The van der Waals surface area contributed by atoms with Crippen molar-refractivity contribution in [1.29, 1.82) is 0 Å². The first kappa shape index (κ1) is 34.5. The molecule has 6 rings (SSSR count). The molecule has 0 spiro atoms. The van der Waals surface area contributed by atoms with E-state index in [4.69, 9.17) is 20.9 Å². The Labute approximate surface area is 270 Å². The number of benzene rings is 4. The fraction of sp³-hybridized carbons (Fsp3) is 0.152. The van der Waals surface area contributed by atoms with Gasteiger partial charge in [-0.3, -0.25) is 0 Å². The Hall–Kier alpha value is -3.99. The summed E-state index contributed by atoms with van der Waals surface area (Å²) < 4.78 is 40.2. The molecule has 0 fully saturated rings. The number of ether oxygens (including phenoxy) is 2. The molecule has 0 aliphatic carbocycles. The summed E-state index contributed by atoms with van der Waals surface area (Å²) in [5.74, 6) is 1.53. The van der Waals surface area contributed by atoms with Gasteiger partial charge < -0.3 is 25.5 Å². The van der Waals surface area contributed by atoms with E-state index in [1.165, 1.54) is 15.1 Å². The molecule has 0 radical (unpaired) electrons. The standard InChI is InChI=1S/C17H18N2O.C16H16N2O3S.2ClH/c18-10-12-20-17-8-4-7-16-15(17)9-11-19(16)13-14-5-2-1-3-6-14;17-10-12-21-16-8-4-7-15-14(16)9-11-18(15)22(19,20)13-5-2-1-3-6-13;;/h1-9,11H,10,12-13,18H2;1-9,11H,10,12,17H2;2*1H. The molecule has 0 aliphatic heterocycles. The highest BCUT2D eigenvalue weighted by molar-refractivity contribution is 7.90. The molecule has 8 nitrogen and oxygen atoms in total. The lowest BCUT2D eigenvalue weighted by Gasteiger charge is -2.09. The average molecular weight is 656 g/mol. The van der Waals surface area contributed by atoms with Crippen LogP contribution in [0.2, 0.25) is 0 Å². The first-order valence-corrected chi connectivity index (χ1v) is 15.1. The van der Waals surface area contributed by atoms with Crippen molar-refractivity contribution < 1.29 is 17.9 Å². The van der Waals surface area contributed by atoms with Gasteiger partial charge in [0.05, 0.1) is 15.9 Å². The zero-order chi connectivity index (χ0) is 29.4. The predicted octanol–water partition coefficient (Wildman–Crippen LogP) is 6.09. The van der Waals surface area contributed by atoms with Crippen LogP contribution in [0.25, 0.3) is 21.8 Å². The highest BCUT2D eigenvalue weighted by Crippen LogP contribution is 2.29. The van der Waals surface area contributed by atoms with Crippen LogP contribution in [0.1, 0.15) is 5.56 Å². The number of nitrogens with zero attached hydrogens (tertiary/aromatic N) is 2. The summed E-state index contributed by atoms with van der Waals surface area (Å²) in [6.45, 7) is 2.73. The van der Waals surface area contributed by atoms with Gasteiger partial charge in [0.25, 0.3) is 10.0 Å². The van der Waals surface area contributed by atoms with Crippen molar-refractivity contribution in [2.45, 2.75) is 11.4 Å². The number of hydrogen-bond donors (Lipinski definition) is 2. The van der Waals surface area contributed by atoms with E-state index >= 15 is 0 Å². The van der Waals surface area contributed by atoms with Crippen LogP contribution < -0.4 is 20.9 Å². The molecule has 6 aromatic rings. The van der Waals surface area contributed by atoms with Crippen LogP contribution >= 0.6 is 24.8 Å². The number of nitrogens with two attached hydrogens (primary N) is 2. The van der Waals surface area contributed by atoms with Crippen LogP contribution in [0.4, 0.5) is 0 Å². The predicted molar refractivity (Wildman–Crippen MR) is 182 cm³/mol. The Morgan fingerprint density at radius 3 is 1.70 bits per heavy atom. The summed E-state index contributed by atoms with van der Waals surface area (Å²) in [4.78, 5) is 0.251. The largest absolute Gasteiger partial charge is 0.492 e. The zero-order valence-electron chi connectivity index (χ0n) is 24.0. The molecule has 232 valence electrons. The third kappa shape index (κ3) is 7.74. The first-order valence-electron chi connectivity index (χ1n) is 13.7. The van der Waals surface area contributed by atoms with Gasteiger partial charge in [0, 0.05) is 42.8 Å². The van der Waals surface area contributed by atoms with Crippen molar-refractivity contribution in [2.24, 2.45) is 11.5 Å². The van der Waals surface area contributed by atoms with E-state index in [2.05, 4.69) is 47.2 Å². The minimum atomic E-state index is -3.62. The molecule has 0 atom stereocenters. The second-order valence-electron chi connectivity index (χ2n) is 9.51. The Kier molecular flexibility index (Phi) is 12.7. The summed E-state index contributed by atoms with van der Waals surface area (Å²) in [5, 5.41) is 1.88. The second-order valence-corrected chi connectivity index (χ2v) is 11.3. The Morgan fingerprint density at radius 1 is 0.591 bits per heavy atom. The third-order valence-electron chi connectivity index (χ3n) is 6.68. The summed E-state index contributed by atoms with van der Waals surface area (Å²) in [7, 11) is -3.62. The fourth-order valence-corrected chi connectivity index (χ4v) is 6.10. The molecule has 0 saturated carbocycles. The van der Waals surface area contributed by atoms with E-state index in [1.54, 1.807) is 60.8 Å². The molecule has 4 N–H and O–H groups in total. The topological polar surface area (TPSA) is 114 Å². The molecular weight excluding hydrogens is 619 g/mol. The lowest BCUT2D eigenvalue weighted by Crippen LogP contribution is -2.12. The minimum absolute atomic E-state index is 0. The lowest BCUT2D eigenvalue weighted by molar-refractivity contribution is 0.332. The van der Waals surface area contributed by atoms with Crippen LogP contribution in [0.5, 0.6) is 11.5 Å². The van der Waals surface area contributed by atoms with Crippen LogP contribution in [0.3, 0.4) is 0 Å². The third-order valence-corrected chi connectivity index (χ3v) is 8.38. The molecule has 2 aromatic heterocycles. The molecule has 0 bridgehead atoms. The maximum absolute atomic E-state index is 12.7. The van der Waals surface area contributed by atoms with E-state index in [1.807, 2.05) is 18.2 Å². The van der Waals surface area contributed by atoms with Gasteiger partial charge >= 0.3 is 0 Å². The van der Waals surface area contributed by atoms with Gasteiger partial charge in [0.15, 0.2) is 0 Å². The smallest absolute Gasteiger partial charge is 0.268 e. The highest BCUT2D eigenvalue weighted by atomic mass is 35.5. The lowest BCUT2D eigenvalue weighted by atomic mass is 10.2. The van der Waals surface area contributed by atoms with Gasteiger partial charge in [0.1, 0.15) is 24.7 Å². The maximum Gasteiger partial charge on any atom is 0.268 e. The molecule has 0 aliphatic rings. The van der Waals surface area contributed by atoms with Crippen molar-refractivity contribution in [3.05, 3.63) is 127 Å². The number of aromatic nitrogens is 2.